The van der Waals surface area contributed by atoms with Crippen LogP contribution < -0.4 is 5.32 Å². The Hall–Kier alpha value is -0.610. The van der Waals surface area contributed by atoms with Gasteiger partial charge in [0.25, 0.3) is 0 Å². The van der Waals surface area contributed by atoms with Gasteiger partial charge in [0.1, 0.15) is 0 Å². The van der Waals surface area contributed by atoms with E-state index >= 15 is 0 Å². The van der Waals surface area contributed by atoms with Gasteiger partial charge in [0.05, 0.1) is 5.92 Å². The van der Waals surface area contributed by atoms with E-state index < -0.39 is 5.97 Å². The van der Waals surface area contributed by atoms with Crippen LogP contribution in [0.15, 0.2) is 0 Å². The second-order valence-electron chi connectivity index (χ2n) is 6.46. The summed E-state index contributed by atoms with van der Waals surface area (Å²) >= 11 is 0. The second-order valence-corrected chi connectivity index (χ2v) is 6.46. The van der Waals surface area contributed by atoms with Crippen LogP contribution in [0.25, 0.3) is 0 Å². The van der Waals surface area contributed by atoms with Crippen LogP contribution in [0.3, 0.4) is 0 Å². The second kappa shape index (κ2) is 6.53. The monoisotopic (exact) mass is 256 g/mol. The average Bonchev–Trinajstić information content (AvgIpc) is 2.28. The first-order chi connectivity index (χ1) is 8.33. The largest absolute Gasteiger partial charge is 0.481 e. The summed E-state index contributed by atoms with van der Waals surface area (Å²) in [6.45, 7) is 10.1. The van der Waals surface area contributed by atoms with Crippen LogP contribution >= 0.6 is 0 Å². The maximum Gasteiger partial charge on any atom is 0.307 e. The van der Waals surface area contributed by atoms with Crippen LogP contribution in [0.4, 0.5) is 0 Å². The fraction of sp³-hybridized carbons (Fsp3) is 0.929. The molecule has 0 spiro atoms. The third-order valence-corrected chi connectivity index (χ3v) is 4.18. The van der Waals surface area contributed by atoms with Crippen molar-refractivity contribution in [3.8, 4) is 0 Å². The van der Waals surface area contributed by atoms with Gasteiger partial charge < -0.3 is 15.3 Å². The van der Waals surface area contributed by atoms with Gasteiger partial charge in [-0.15, -0.1) is 0 Å². The average molecular weight is 256 g/mol. The summed E-state index contributed by atoms with van der Waals surface area (Å²) in [5.74, 6) is -0.337. The Balaban J connectivity index is 2.36. The molecular weight excluding hydrogens is 228 g/mol. The molecule has 0 saturated carbocycles. The Bertz CT molecular complexity index is 279. The minimum Gasteiger partial charge on any atom is -0.481 e. The van der Waals surface area contributed by atoms with Crippen molar-refractivity contribution < 1.29 is 9.90 Å². The zero-order chi connectivity index (χ0) is 13.8. The number of carboxylic acids is 1. The zero-order valence-electron chi connectivity index (χ0n) is 12.2. The SMILES string of the molecule is CC(CNCC(C)(C)C1CCCN(C)C1)C(=O)O. The minimum atomic E-state index is -0.724. The Labute approximate surface area is 111 Å². The molecule has 1 rings (SSSR count). The lowest BCUT2D eigenvalue weighted by Gasteiger charge is -2.40. The van der Waals surface area contributed by atoms with Crippen LogP contribution in [-0.4, -0.2) is 49.2 Å². The van der Waals surface area contributed by atoms with Crippen molar-refractivity contribution in [1.29, 1.82) is 0 Å². The quantitative estimate of drug-likeness (QED) is 0.759. The van der Waals surface area contributed by atoms with Gasteiger partial charge in [0.2, 0.25) is 0 Å². The minimum absolute atomic E-state index is 0.229. The van der Waals surface area contributed by atoms with Crippen LogP contribution in [-0.2, 0) is 4.79 Å². The van der Waals surface area contributed by atoms with Crippen molar-refractivity contribution in [3.63, 3.8) is 0 Å². The number of hydrogen-bond donors (Lipinski definition) is 2. The standard InChI is InChI=1S/C14H28N2O2/c1-11(13(17)18)8-15-10-14(2,3)12-6-5-7-16(4)9-12/h11-12,15H,5-10H2,1-4H3,(H,17,18). The smallest absolute Gasteiger partial charge is 0.307 e. The maximum atomic E-state index is 10.8. The molecule has 0 aromatic rings. The van der Waals surface area contributed by atoms with Gasteiger partial charge in [-0.05, 0) is 37.8 Å². The number of nitrogens with one attached hydrogen (secondary N) is 1. The number of aliphatic carboxylic acids is 1. The molecule has 1 heterocycles. The molecule has 2 atom stereocenters. The molecule has 1 fully saturated rings. The first-order valence-electron chi connectivity index (χ1n) is 6.95. The molecule has 4 nitrogen and oxygen atoms in total. The molecule has 2 unspecified atom stereocenters. The summed E-state index contributed by atoms with van der Waals surface area (Å²) < 4.78 is 0. The van der Waals surface area contributed by atoms with Gasteiger partial charge in [-0.2, -0.15) is 0 Å². The van der Waals surface area contributed by atoms with Crippen LogP contribution in [0.2, 0.25) is 0 Å². The van der Waals surface area contributed by atoms with E-state index in [9.17, 15) is 4.79 Å². The van der Waals surface area contributed by atoms with Crippen molar-refractivity contribution in [3.05, 3.63) is 0 Å². The summed E-state index contributed by atoms with van der Waals surface area (Å²) in [5, 5.41) is 12.2. The molecule has 4 heteroatoms. The highest BCUT2D eigenvalue weighted by molar-refractivity contribution is 5.69. The summed E-state index contributed by atoms with van der Waals surface area (Å²) in [6, 6.07) is 0. The topological polar surface area (TPSA) is 52.6 Å². The molecule has 0 aliphatic carbocycles. The molecule has 18 heavy (non-hydrogen) atoms. The number of carbonyl (C=O) groups is 1. The first kappa shape index (κ1) is 15.4. The summed E-state index contributed by atoms with van der Waals surface area (Å²) in [7, 11) is 2.18. The molecule has 1 aliphatic heterocycles. The third-order valence-electron chi connectivity index (χ3n) is 4.18. The molecule has 0 amide bonds. The number of hydrogen-bond acceptors (Lipinski definition) is 3. The molecule has 106 valence electrons. The van der Waals surface area contributed by atoms with Gasteiger partial charge in [-0.3, -0.25) is 4.79 Å². The van der Waals surface area contributed by atoms with Crippen molar-refractivity contribution >= 4 is 5.97 Å². The van der Waals surface area contributed by atoms with E-state index in [1.807, 2.05) is 0 Å². The Morgan fingerprint density at radius 2 is 2.22 bits per heavy atom. The highest BCUT2D eigenvalue weighted by Gasteiger charge is 2.32. The maximum absolute atomic E-state index is 10.8. The lowest BCUT2D eigenvalue weighted by molar-refractivity contribution is -0.141. The van der Waals surface area contributed by atoms with Gasteiger partial charge in [-0.1, -0.05) is 20.8 Å². The van der Waals surface area contributed by atoms with Crippen molar-refractivity contribution in [2.75, 3.05) is 33.2 Å². The molecular formula is C14H28N2O2. The number of likely N-dealkylation sites (tertiary alicyclic amines) is 1. The third kappa shape index (κ3) is 4.58. The van der Waals surface area contributed by atoms with E-state index in [4.69, 9.17) is 5.11 Å². The van der Waals surface area contributed by atoms with Crippen LogP contribution in [0.5, 0.6) is 0 Å². The lowest BCUT2D eigenvalue weighted by atomic mass is 9.74. The molecule has 0 aromatic heterocycles. The molecule has 0 aromatic carbocycles. The molecule has 1 aliphatic rings. The molecule has 1 saturated heterocycles. The molecule has 0 bridgehead atoms. The Morgan fingerprint density at radius 1 is 1.56 bits per heavy atom. The predicted octanol–water partition coefficient (Wildman–Crippen LogP) is 1.66. The van der Waals surface area contributed by atoms with Crippen molar-refractivity contribution in [2.24, 2.45) is 17.3 Å². The lowest BCUT2D eigenvalue weighted by Crippen LogP contribution is -2.45. The fourth-order valence-corrected chi connectivity index (χ4v) is 2.65. The highest BCUT2D eigenvalue weighted by atomic mass is 16.4. The number of carboxylic acid groups (broad SMARTS) is 1. The Morgan fingerprint density at radius 3 is 2.78 bits per heavy atom. The van der Waals surface area contributed by atoms with E-state index in [0.717, 1.165) is 13.1 Å². The molecule has 2 N–H and O–H groups in total. The highest BCUT2D eigenvalue weighted by Crippen LogP contribution is 2.32. The summed E-state index contributed by atoms with van der Waals surface area (Å²) in [4.78, 5) is 13.2. The van der Waals surface area contributed by atoms with Crippen molar-refractivity contribution in [2.45, 2.75) is 33.6 Å². The Kier molecular flexibility index (Phi) is 5.60. The normalized spacial score (nSPS) is 23.9. The van der Waals surface area contributed by atoms with Gasteiger partial charge in [0, 0.05) is 19.6 Å². The van der Waals surface area contributed by atoms with Gasteiger partial charge >= 0.3 is 5.97 Å². The summed E-state index contributed by atoms with van der Waals surface area (Å²) in [6.07, 6.45) is 2.56. The van der Waals surface area contributed by atoms with E-state index in [2.05, 4.69) is 31.1 Å². The predicted molar refractivity (Wildman–Crippen MR) is 73.7 cm³/mol. The fourth-order valence-electron chi connectivity index (χ4n) is 2.65. The van der Waals surface area contributed by atoms with Crippen molar-refractivity contribution in [1.82, 2.24) is 10.2 Å². The van der Waals surface area contributed by atoms with Crippen LogP contribution in [0.1, 0.15) is 33.6 Å². The summed E-state index contributed by atoms with van der Waals surface area (Å²) in [5.41, 5.74) is 0.229. The molecule has 0 radical (unpaired) electrons. The first-order valence-corrected chi connectivity index (χ1v) is 6.95. The van der Waals surface area contributed by atoms with E-state index in [0.29, 0.717) is 12.5 Å². The van der Waals surface area contributed by atoms with Crippen LogP contribution in [0, 0.1) is 17.3 Å². The zero-order valence-corrected chi connectivity index (χ0v) is 12.2. The van der Waals surface area contributed by atoms with E-state index in [-0.39, 0.29) is 11.3 Å². The van der Waals surface area contributed by atoms with Gasteiger partial charge in [0.15, 0.2) is 0 Å². The van der Waals surface area contributed by atoms with E-state index in [1.165, 1.54) is 19.4 Å². The number of rotatable bonds is 6. The van der Waals surface area contributed by atoms with E-state index in [1.54, 1.807) is 6.92 Å². The number of nitrogens with zero attached hydrogens (tertiary/aromatic N) is 1. The number of piperidine rings is 1. The van der Waals surface area contributed by atoms with Gasteiger partial charge in [-0.25, -0.2) is 0 Å².